The van der Waals surface area contributed by atoms with E-state index in [1.165, 1.54) is 18.9 Å². The lowest BCUT2D eigenvalue weighted by Gasteiger charge is -2.27. The SMILES string of the molecule is CN(Cc1c(F)cccc1Cl)CC1CCCNC1.Cl. The molecule has 19 heavy (non-hydrogen) atoms. The van der Waals surface area contributed by atoms with Gasteiger partial charge in [-0.05, 0) is 51.0 Å². The zero-order chi connectivity index (χ0) is 13.0. The third kappa shape index (κ3) is 4.92. The van der Waals surface area contributed by atoms with Gasteiger partial charge in [-0.1, -0.05) is 17.7 Å². The van der Waals surface area contributed by atoms with Crippen molar-refractivity contribution in [3.8, 4) is 0 Å². The van der Waals surface area contributed by atoms with Crippen molar-refractivity contribution in [2.24, 2.45) is 5.92 Å². The first-order chi connectivity index (χ1) is 8.66. The molecule has 108 valence electrons. The molecule has 2 nitrogen and oxygen atoms in total. The van der Waals surface area contributed by atoms with E-state index in [1.807, 2.05) is 7.05 Å². The highest BCUT2D eigenvalue weighted by Crippen LogP contribution is 2.21. The van der Waals surface area contributed by atoms with Crippen molar-refractivity contribution in [3.05, 3.63) is 34.6 Å². The number of rotatable bonds is 4. The lowest BCUT2D eigenvalue weighted by molar-refractivity contribution is 0.235. The van der Waals surface area contributed by atoms with E-state index in [4.69, 9.17) is 11.6 Å². The minimum Gasteiger partial charge on any atom is -0.316 e. The Morgan fingerprint density at radius 3 is 2.89 bits per heavy atom. The molecular formula is C14H21Cl2FN2. The summed E-state index contributed by atoms with van der Waals surface area (Å²) in [6, 6.07) is 4.86. The quantitative estimate of drug-likeness (QED) is 0.918. The van der Waals surface area contributed by atoms with Crippen LogP contribution in [0.4, 0.5) is 4.39 Å². The summed E-state index contributed by atoms with van der Waals surface area (Å²) in [5, 5.41) is 3.92. The third-order valence-corrected chi connectivity index (χ3v) is 3.81. The van der Waals surface area contributed by atoms with Crippen LogP contribution in [-0.4, -0.2) is 31.6 Å². The fourth-order valence-electron chi connectivity index (χ4n) is 2.54. The molecule has 0 aromatic heterocycles. The zero-order valence-corrected chi connectivity index (χ0v) is 12.7. The molecule has 5 heteroatoms. The lowest BCUT2D eigenvalue weighted by atomic mass is 9.99. The molecule has 1 unspecified atom stereocenters. The van der Waals surface area contributed by atoms with Crippen molar-refractivity contribution in [2.45, 2.75) is 19.4 Å². The van der Waals surface area contributed by atoms with Crippen LogP contribution in [0.25, 0.3) is 0 Å². The van der Waals surface area contributed by atoms with Crippen molar-refractivity contribution in [1.82, 2.24) is 10.2 Å². The molecule has 1 aliphatic heterocycles. The van der Waals surface area contributed by atoms with E-state index in [0.717, 1.165) is 19.6 Å². The molecule has 0 amide bonds. The molecule has 1 atom stereocenters. The number of nitrogens with one attached hydrogen (secondary N) is 1. The van der Waals surface area contributed by atoms with Gasteiger partial charge < -0.3 is 10.2 Å². The summed E-state index contributed by atoms with van der Waals surface area (Å²) in [7, 11) is 2.03. The normalized spacial score (nSPS) is 19.3. The summed E-state index contributed by atoms with van der Waals surface area (Å²) in [5.41, 5.74) is 0.602. The van der Waals surface area contributed by atoms with Gasteiger partial charge >= 0.3 is 0 Å². The van der Waals surface area contributed by atoms with E-state index < -0.39 is 0 Å². The van der Waals surface area contributed by atoms with Crippen molar-refractivity contribution in [2.75, 3.05) is 26.7 Å². The monoisotopic (exact) mass is 306 g/mol. The molecule has 1 N–H and O–H groups in total. The van der Waals surface area contributed by atoms with Crippen molar-refractivity contribution >= 4 is 24.0 Å². The number of benzene rings is 1. The predicted molar refractivity (Wildman–Crippen MR) is 80.6 cm³/mol. The summed E-state index contributed by atoms with van der Waals surface area (Å²) in [6.07, 6.45) is 2.49. The van der Waals surface area contributed by atoms with Gasteiger partial charge in [-0.2, -0.15) is 0 Å². The minimum atomic E-state index is -0.212. The number of hydrogen-bond acceptors (Lipinski definition) is 2. The van der Waals surface area contributed by atoms with Gasteiger partial charge in [0.2, 0.25) is 0 Å². The lowest BCUT2D eigenvalue weighted by Crippen LogP contribution is -2.36. The van der Waals surface area contributed by atoms with E-state index in [9.17, 15) is 4.39 Å². The fourth-order valence-corrected chi connectivity index (χ4v) is 2.76. The summed E-state index contributed by atoms with van der Waals surface area (Å²) < 4.78 is 13.7. The first kappa shape index (κ1) is 16.7. The van der Waals surface area contributed by atoms with E-state index in [2.05, 4.69) is 10.2 Å². The number of piperidine rings is 1. The molecule has 0 aliphatic carbocycles. The maximum absolute atomic E-state index is 13.7. The number of hydrogen-bond donors (Lipinski definition) is 1. The molecule has 0 saturated carbocycles. The van der Waals surface area contributed by atoms with Gasteiger partial charge in [0.15, 0.2) is 0 Å². The van der Waals surface area contributed by atoms with Crippen LogP contribution in [0.3, 0.4) is 0 Å². The molecule has 1 aliphatic rings. The topological polar surface area (TPSA) is 15.3 Å². The number of halogens is 3. The summed E-state index contributed by atoms with van der Waals surface area (Å²) >= 11 is 6.04. The largest absolute Gasteiger partial charge is 0.316 e. The second-order valence-electron chi connectivity index (χ2n) is 5.11. The van der Waals surface area contributed by atoms with Gasteiger partial charge in [0.25, 0.3) is 0 Å². The summed E-state index contributed by atoms with van der Waals surface area (Å²) in [6.45, 7) is 3.74. The maximum Gasteiger partial charge on any atom is 0.129 e. The highest BCUT2D eigenvalue weighted by atomic mass is 35.5. The smallest absolute Gasteiger partial charge is 0.129 e. The minimum absolute atomic E-state index is 0. The fraction of sp³-hybridized carbons (Fsp3) is 0.571. The molecule has 1 aromatic rings. The van der Waals surface area contributed by atoms with E-state index in [-0.39, 0.29) is 18.2 Å². The van der Waals surface area contributed by atoms with Crippen molar-refractivity contribution < 1.29 is 4.39 Å². The zero-order valence-electron chi connectivity index (χ0n) is 11.2. The molecule has 1 fully saturated rings. The second kappa shape index (κ2) is 8.05. The maximum atomic E-state index is 13.7. The Balaban J connectivity index is 0.00000180. The van der Waals surface area contributed by atoms with Gasteiger partial charge in [-0.15, -0.1) is 12.4 Å². The summed E-state index contributed by atoms with van der Waals surface area (Å²) in [5.74, 6) is 0.449. The predicted octanol–water partition coefficient (Wildman–Crippen LogP) is 3.33. The van der Waals surface area contributed by atoms with Gasteiger partial charge in [-0.3, -0.25) is 0 Å². The Labute approximate surface area is 125 Å². The average molecular weight is 307 g/mol. The molecule has 1 saturated heterocycles. The van der Waals surface area contributed by atoms with Gasteiger partial charge in [-0.25, -0.2) is 4.39 Å². The van der Waals surface area contributed by atoms with Crippen LogP contribution in [0.15, 0.2) is 18.2 Å². The molecule has 0 bridgehead atoms. The second-order valence-corrected chi connectivity index (χ2v) is 5.52. The van der Waals surface area contributed by atoms with Gasteiger partial charge in [0, 0.05) is 23.7 Å². The number of nitrogens with zero attached hydrogens (tertiary/aromatic N) is 1. The Morgan fingerprint density at radius 1 is 1.47 bits per heavy atom. The molecule has 1 heterocycles. The van der Waals surface area contributed by atoms with E-state index in [1.54, 1.807) is 12.1 Å². The van der Waals surface area contributed by atoms with Crippen molar-refractivity contribution in [3.63, 3.8) is 0 Å². The Morgan fingerprint density at radius 2 is 2.26 bits per heavy atom. The van der Waals surface area contributed by atoms with Gasteiger partial charge in [0.1, 0.15) is 5.82 Å². The molecule has 0 spiro atoms. The first-order valence-corrected chi connectivity index (χ1v) is 6.87. The van der Waals surface area contributed by atoms with Crippen LogP contribution >= 0.6 is 24.0 Å². The van der Waals surface area contributed by atoms with Crippen LogP contribution < -0.4 is 5.32 Å². The van der Waals surface area contributed by atoms with Gasteiger partial charge in [0.05, 0.1) is 0 Å². The van der Waals surface area contributed by atoms with Crippen LogP contribution in [0.1, 0.15) is 18.4 Å². The van der Waals surface area contributed by atoms with Crippen LogP contribution in [-0.2, 0) is 6.54 Å². The molecule has 1 aromatic carbocycles. The van der Waals surface area contributed by atoms with Crippen LogP contribution in [0.2, 0.25) is 5.02 Å². The Hall–Kier alpha value is -0.350. The molecule has 2 rings (SSSR count). The third-order valence-electron chi connectivity index (χ3n) is 3.46. The van der Waals surface area contributed by atoms with Crippen LogP contribution in [0, 0.1) is 11.7 Å². The Kier molecular flexibility index (Phi) is 7.08. The molecule has 0 radical (unpaired) electrons. The van der Waals surface area contributed by atoms with Crippen molar-refractivity contribution in [1.29, 1.82) is 0 Å². The first-order valence-electron chi connectivity index (χ1n) is 6.49. The summed E-state index contributed by atoms with van der Waals surface area (Å²) in [4.78, 5) is 2.15. The highest BCUT2D eigenvalue weighted by Gasteiger charge is 2.16. The Bertz CT molecular complexity index is 375. The molecular weight excluding hydrogens is 286 g/mol. The van der Waals surface area contributed by atoms with E-state index in [0.29, 0.717) is 23.0 Å². The highest BCUT2D eigenvalue weighted by molar-refractivity contribution is 6.31. The van der Waals surface area contributed by atoms with Crippen LogP contribution in [0.5, 0.6) is 0 Å². The average Bonchev–Trinajstić information content (AvgIpc) is 2.35. The standard InChI is InChI=1S/C14H20ClFN2.ClH/c1-18(9-11-4-3-7-17-8-11)10-12-13(15)5-2-6-14(12)16;/h2,5-6,11,17H,3-4,7-10H2,1H3;1H. The van der Waals surface area contributed by atoms with E-state index >= 15 is 0 Å².